The number of rotatable bonds is 3. The molecule has 5 nitrogen and oxygen atoms in total. The van der Waals surface area contributed by atoms with Gasteiger partial charge < -0.3 is 10.1 Å². The minimum absolute atomic E-state index is 0.283. The van der Waals surface area contributed by atoms with E-state index in [0.717, 1.165) is 41.0 Å². The van der Waals surface area contributed by atoms with Crippen LogP contribution in [0.1, 0.15) is 12.8 Å². The summed E-state index contributed by atoms with van der Waals surface area (Å²) in [6, 6.07) is 1.80. The highest BCUT2D eigenvalue weighted by atomic mass is 127. The van der Waals surface area contributed by atoms with E-state index in [4.69, 9.17) is 16.3 Å². The molecule has 2 aromatic rings. The van der Waals surface area contributed by atoms with E-state index in [-0.39, 0.29) is 6.10 Å². The Kier molecular flexibility index (Phi) is 3.58. The lowest BCUT2D eigenvalue weighted by molar-refractivity contribution is 0.120. The van der Waals surface area contributed by atoms with Crippen LogP contribution in [0.25, 0.3) is 5.65 Å². The Morgan fingerprint density at radius 2 is 2.50 bits per heavy atom. The Morgan fingerprint density at radius 1 is 1.61 bits per heavy atom. The number of ether oxygens (including phenoxy) is 1. The van der Waals surface area contributed by atoms with Crippen molar-refractivity contribution in [2.24, 2.45) is 0 Å². The molecule has 0 aromatic carbocycles. The van der Waals surface area contributed by atoms with Crippen molar-refractivity contribution in [1.82, 2.24) is 14.6 Å². The first-order valence-corrected chi connectivity index (χ1v) is 7.25. The molecule has 3 rings (SSSR count). The molecule has 0 amide bonds. The van der Waals surface area contributed by atoms with Crippen molar-refractivity contribution in [3.63, 3.8) is 0 Å². The van der Waals surface area contributed by atoms with Crippen LogP contribution in [0.4, 0.5) is 5.69 Å². The van der Waals surface area contributed by atoms with E-state index in [9.17, 15) is 0 Å². The molecule has 1 N–H and O–H groups in total. The predicted octanol–water partition coefficient (Wildman–Crippen LogP) is 2.58. The first-order valence-electron chi connectivity index (χ1n) is 5.79. The van der Waals surface area contributed by atoms with Gasteiger partial charge in [-0.15, -0.1) is 0 Å². The van der Waals surface area contributed by atoms with Crippen molar-refractivity contribution in [2.45, 2.75) is 18.9 Å². The third-order valence-electron chi connectivity index (χ3n) is 2.94. The molecule has 18 heavy (non-hydrogen) atoms. The predicted molar refractivity (Wildman–Crippen MR) is 78.2 cm³/mol. The number of imidazole rings is 1. The van der Waals surface area contributed by atoms with Gasteiger partial charge >= 0.3 is 0 Å². The van der Waals surface area contributed by atoms with E-state index in [1.807, 2.05) is 0 Å². The third-order valence-corrected chi connectivity index (χ3v) is 3.86. The lowest BCUT2D eigenvalue weighted by Gasteiger charge is -2.12. The number of anilines is 1. The molecule has 0 aliphatic carbocycles. The number of fused-ring (bicyclic) bond motifs is 1. The summed E-state index contributed by atoms with van der Waals surface area (Å²) in [5, 5.41) is 8.02. The molecule has 0 radical (unpaired) electrons. The summed E-state index contributed by atoms with van der Waals surface area (Å²) in [7, 11) is 0. The van der Waals surface area contributed by atoms with Gasteiger partial charge in [0.2, 0.25) is 0 Å². The quantitative estimate of drug-likeness (QED) is 0.834. The summed E-state index contributed by atoms with van der Waals surface area (Å²) in [4.78, 5) is 4.34. The van der Waals surface area contributed by atoms with E-state index in [1.54, 1.807) is 16.8 Å². The number of hydrogen-bond donors (Lipinski definition) is 1. The maximum absolute atomic E-state index is 6.01. The molecule has 2 aromatic heterocycles. The van der Waals surface area contributed by atoms with Gasteiger partial charge in [-0.05, 0) is 35.4 Å². The lowest BCUT2D eigenvalue weighted by atomic mass is 10.2. The van der Waals surface area contributed by atoms with E-state index in [0.29, 0.717) is 5.15 Å². The maximum atomic E-state index is 6.01. The van der Waals surface area contributed by atoms with E-state index in [2.05, 4.69) is 38.0 Å². The average molecular weight is 379 g/mol. The lowest BCUT2D eigenvalue weighted by Crippen LogP contribution is -2.19. The number of nitrogens with one attached hydrogen (secondary N) is 1. The summed E-state index contributed by atoms with van der Waals surface area (Å²) in [6.45, 7) is 1.64. The van der Waals surface area contributed by atoms with Crippen molar-refractivity contribution in [2.75, 3.05) is 18.5 Å². The largest absolute Gasteiger partial charge is 0.379 e. The highest BCUT2D eigenvalue weighted by molar-refractivity contribution is 14.1. The fraction of sp³-hybridized carbons (Fsp3) is 0.455. The highest BCUT2D eigenvalue weighted by Crippen LogP contribution is 2.22. The zero-order valence-corrected chi connectivity index (χ0v) is 12.5. The van der Waals surface area contributed by atoms with Crippen molar-refractivity contribution in [3.8, 4) is 0 Å². The Balaban J connectivity index is 1.85. The zero-order valence-electron chi connectivity index (χ0n) is 9.57. The number of halogens is 2. The minimum atomic E-state index is 0.283. The first-order chi connectivity index (χ1) is 8.74. The van der Waals surface area contributed by atoms with Crippen LogP contribution in [0.3, 0.4) is 0 Å². The molecule has 0 unspecified atom stereocenters. The standard InChI is InChI=1S/C11H12ClIN4O/c12-9-4-8(14-5-7-2-1-3-18-7)11-15-6-10(13)17(11)16-9/h4,6-7,14H,1-3,5H2/t7-/m0/s1. The molecule has 7 heteroatoms. The van der Waals surface area contributed by atoms with Crippen LogP contribution < -0.4 is 5.32 Å². The van der Waals surface area contributed by atoms with Gasteiger partial charge in [-0.2, -0.15) is 5.10 Å². The molecule has 1 atom stereocenters. The SMILES string of the molecule is Clc1cc(NC[C@@H]2CCCO2)c2ncc(I)n2n1. The summed E-state index contributed by atoms with van der Waals surface area (Å²) in [5.74, 6) is 0. The molecular weight excluding hydrogens is 367 g/mol. The van der Waals surface area contributed by atoms with Crippen molar-refractivity contribution >= 4 is 45.5 Å². The number of nitrogens with zero attached hydrogens (tertiary/aromatic N) is 3. The van der Waals surface area contributed by atoms with Crippen LogP contribution in [-0.4, -0.2) is 33.9 Å². The average Bonchev–Trinajstić information content (AvgIpc) is 2.97. The maximum Gasteiger partial charge on any atom is 0.178 e. The zero-order chi connectivity index (χ0) is 12.5. The Bertz CT molecular complexity index is 567. The van der Waals surface area contributed by atoms with Gasteiger partial charge in [0.1, 0.15) is 3.70 Å². The van der Waals surface area contributed by atoms with Gasteiger partial charge in [0.05, 0.1) is 18.0 Å². The van der Waals surface area contributed by atoms with Crippen LogP contribution >= 0.6 is 34.2 Å². The Labute approximate surface area is 123 Å². The van der Waals surface area contributed by atoms with Crippen LogP contribution in [-0.2, 0) is 4.74 Å². The number of hydrogen-bond acceptors (Lipinski definition) is 4. The van der Waals surface area contributed by atoms with Crippen LogP contribution in [0.2, 0.25) is 5.15 Å². The molecule has 0 spiro atoms. The molecule has 0 bridgehead atoms. The fourth-order valence-corrected chi connectivity index (χ4v) is 2.73. The smallest absolute Gasteiger partial charge is 0.178 e. The molecular formula is C11H12ClIN4O. The van der Waals surface area contributed by atoms with E-state index < -0.39 is 0 Å². The van der Waals surface area contributed by atoms with Crippen molar-refractivity contribution < 1.29 is 4.74 Å². The molecule has 1 fully saturated rings. The van der Waals surface area contributed by atoms with Crippen LogP contribution in [0, 0.1) is 3.70 Å². The number of aromatic nitrogens is 3. The highest BCUT2D eigenvalue weighted by Gasteiger charge is 2.16. The molecule has 3 heterocycles. The second-order valence-corrected chi connectivity index (χ2v) is 5.71. The second-order valence-electron chi connectivity index (χ2n) is 4.21. The van der Waals surface area contributed by atoms with Gasteiger partial charge in [-0.3, -0.25) is 0 Å². The molecule has 1 aliphatic heterocycles. The first kappa shape index (κ1) is 12.4. The van der Waals surface area contributed by atoms with Gasteiger partial charge in [0.15, 0.2) is 10.8 Å². The summed E-state index contributed by atoms with van der Waals surface area (Å²) in [6.07, 6.45) is 4.30. The van der Waals surface area contributed by atoms with Gasteiger partial charge in [0.25, 0.3) is 0 Å². The van der Waals surface area contributed by atoms with Crippen LogP contribution in [0.15, 0.2) is 12.3 Å². The van der Waals surface area contributed by atoms with Gasteiger partial charge in [0, 0.05) is 19.2 Å². The van der Waals surface area contributed by atoms with Gasteiger partial charge in [-0.25, -0.2) is 9.50 Å². The van der Waals surface area contributed by atoms with Crippen LogP contribution in [0.5, 0.6) is 0 Å². The van der Waals surface area contributed by atoms with E-state index >= 15 is 0 Å². The summed E-state index contributed by atoms with van der Waals surface area (Å²) < 4.78 is 8.25. The van der Waals surface area contributed by atoms with E-state index in [1.165, 1.54) is 0 Å². The second kappa shape index (κ2) is 5.18. The topological polar surface area (TPSA) is 51.5 Å². The van der Waals surface area contributed by atoms with Gasteiger partial charge in [-0.1, -0.05) is 11.6 Å². The molecule has 96 valence electrons. The molecule has 0 saturated carbocycles. The molecule has 1 aliphatic rings. The molecule has 1 saturated heterocycles. The van der Waals surface area contributed by atoms with Crippen molar-refractivity contribution in [1.29, 1.82) is 0 Å². The summed E-state index contributed by atoms with van der Waals surface area (Å²) >= 11 is 8.19. The Hall–Kier alpha value is -0.600. The normalized spacial score (nSPS) is 19.6. The minimum Gasteiger partial charge on any atom is -0.379 e. The monoisotopic (exact) mass is 378 g/mol. The Morgan fingerprint density at radius 3 is 3.28 bits per heavy atom. The summed E-state index contributed by atoms with van der Waals surface area (Å²) in [5.41, 5.74) is 1.69. The van der Waals surface area contributed by atoms with Crippen molar-refractivity contribution in [3.05, 3.63) is 21.1 Å². The third kappa shape index (κ3) is 2.41. The fourth-order valence-electron chi connectivity index (χ4n) is 2.07.